The van der Waals surface area contributed by atoms with Gasteiger partial charge in [0.25, 0.3) is 0 Å². The summed E-state index contributed by atoms with van der Waals surface area (Å²) >= 11 is 0. The van der Waals surface area contributed by atoms with Gasteiger partial charge in [-0.3, -0.25) is 14.4 Å². The summed E-state index contributed by atoms with van der Waals surface area (Å²) in [5.41, 5.74) is 13.0. The fraction of sp³-hybridized carbons (Fsp3) is 0.175. The second-order valence-corrected chi connectivity index (χ2v) is 11.6. The molecule has 0 amide bonds. The molecule has 212 valence electrons. The smallest absolute Gasteiger partial charge is 0.156 e. The first-order valence-electron chi connectivity index (χ1n) is 14.8. The fourth-order valence-electron chi connectivity index (χ4n) is 6.14. The summed E-state index contributed by atoms with van der Waals surface area (Å²) in [4.78, 5) is 35.5. The Balaban J connectivity index is 1.29. The molecule has 3 aliphatic carbocycles. The summed E-state index contributed by atoms with van der Waals surface area (Å²) in [6, 6.07) is 26.1. The highest BCUT2D eigenvalue weighted by atomic mass is 16.1. The van der Waals surface area contributed by atoms with Crippen molar-refractivity contribution in [2.24, 2.45) is 0 Å². The van der Waals surface area contributed by atoms with Crippen LogP contribution < -0.4 is 0 Å². The van der Waals surface area contributed by atoms with Crippen molar-refractivity contribution < 1.29 is 14.4 Å². The number of hydrogen-bond acceptors (Lipinski definition) is 3. The summed E-state index contributed by atoms with van der Waals surface area (Å²) in [5.74, 6) is 0.391. The van der Waals surface area contributed by atoms with E-state index in [-0.39, 0.29) is 23.3 Å². The maximum Gasteiger partial charge on any atom is 0.156 e. The van der Waals surface area contributed by atoms with Crippen LogP contribution >= 0.6 is 0 Å². The molecule has 3 aromatic carbocycles. The van der Waals surface area contributed by atoms with Crippen LogP contribution in [0.5, 0.6) is 0 Å². The molecule has 0 N–H and O–H groups in total. The van der Waals surface area contributed by atoms with Crippen LogP contribution in [-0.4, -0.2) is 17.3 Å². The monoisotopic (exact) mass is 562 g/mol. The number of carbonyl (C=O) groups is 3. The van der Waals surface area contributed by atoms with E-state index >= 15 is 0 Å². The zero-order valence-electron chi connectivity index (χ0n) is 24.8. The molecule has 3 nitrogen and oxygen atoms in total. The first-order chi connectivity index (χ1) is 20.8. The highest BCUT2D eigenvalue weighted by molar-refractivity contribution is 5.99. The van der Waals surface area contributed by atoms with Gasteiger partial charge in [0.15, 0.2) is 17.3 Å². The Kier molecular flexibility index (Phi) is 7.73. The van der Waals surface area contributed by atoms with Crippen molar-refractivity contribution in [3.8, 4) is 0 Å². The van der Waals surface area contributed by atoms with E-state index < -0.39 is 0 Å². The molecule has 0 radical (unpaired) electrons. The maximum atomic E-state index is 11.8. The van der Waals surface area contributed by atoms with Gasteiger partial charge in [0, 0.05) is 25.2 Å². The summed E-state index contributed by atoms with van der Waals surface area (Å²) in [5, 5.41) is 0. The van der Waals surface area contributed by atoms with Gasteiger partial charge in [0.1, 0.15) is 0 Å². The number of ketones is 3. The molecular formula is C40H34O3. The van der Waals surface area contributed by atoms with Crippen LogP contribution in [0.1, 0.15) is 79.3 Å². The highest BCUT2D eigenvalue weighted by Gasteiger charge is 2.21. The lowest BCUT2D eigenvalue weighted by atomic mass is 9.83. The number of hydrogen-bond donors (Lipinski definition) is 0. The van der Waals surface area contributed by atoms with Gasteiger partial charge >= 0.3 is 0 Å². The van der Waals surface area contributed by atoms with Crippen LogP contribution in [0.4, 0.5) is 0 Å². The van der Waals surface area contributed by atoms with E-state index in [1.54, 1.807) is 20.8 Å². The molecule has 0 saturated carbocycles. The van der Waals surface area contributed by atoms with Gasteiger partial charge in [-0.25, -0.2) is 0 Å². The number of benzene rings is 3. The first-order valence-corrected chi connectivity index (χ1v) is 14.8. The molecule has 0 bridgehead atoms. The zero-order valence-corrected chi connectivity index (χ0v) is 24.8. The highest BCUT2D eigenvalue weighted by Crippen LogP contribution is 2.37. The third-order valence-electron chi connectivity index (χ3n) is 8.80. The lowest BCUT2D eigenvalue weighted by molar-refractivity contribution is -0.114. The van der Waals surface area contributed by atoms with E-state index in [9.17, 15) is 14.4 Å². The Bertz CT molecular complexity index is 1600. The minimum atomic E-state index is 0.0209. The van der Waals surface area contributed by atoms with Crippen molar-refractivity contribution >= 4 is 34.1 Å². The van der Waals surface area contributed by atoms with Crippen LogP contribution in [0.3, 0.4) is 0 Å². The number of carbonyl (C=O) groups excluding carboxylic acids is 3. The Hall–Kier alpha value is -4.89. The normalized spacial score (nSPS) is 15.9. The lowest BCUT2D eigenvalue weighted by Crippen LogP contribution is -2.04. The van der Waals surface area contributed by atoms with Crippen LogP contribution in [-0.2, 0) is 14.4 Å². The number of allylic oxidation sites excluding steroid dienone is 12. The SMILES string of the molecule is CC(=O)C1=CC=C(c2ccc(C(c3ccc(C4=CC=C(C(C)=O)C4)cc3)c3ccc(C4=CC=C(C(C)=O)C4)cc3)cc2)C1. The molecule has 0 fully saturated rings. The molecule has 0 aliphatic heterocycles. The predicted molar refractivity (Wildman–Crippen MR) is 174 cm³/mol. The van der Waals surface area contributed by atoms with Crippen LogP contribution in [0.2, 0.25) is 0 Å². The van der Waals surface area contributed by atoms with Crippen LogP contribution in [0, 0.1) is 0 Å². The minimum Gasteiger partial charge on any atom is -0.295 e. The molecule has 0 unspecified atom stereocenters. The molecule has 43 heavy (non-hydrogen) atoms. The summed E-state index contributed by atoms with van der Waals surface area (Å²) in [7, 11) is 0. The summed E-state index contributed by atoms with van der Waals surface area (Å²) < 4.78 is 0. The topological polar surface area (TPSA) is 51.2 Å². The Morgan fingerprint density at radius 2 is 0.674 bits per heavy atom. The second kappa shape index (κ2) is 11.8. The Morgan fingerprint density at radius 3 is 0.884 bits per heavy atom. The van der Waals surface area contributed by atoms with Crippen LogP contribution in [0.25, 0.3) is 16.7 Å². The number of Topliss-reactive ketones (excluding diaryl/α,β-unsaturated/α-hetero) is 3. The molecule has 3 aromatic rings. The molecule has 0 heterocycles. The molecule has 0 atom stereocenters. The summed E-state index contributed by atoms with van der Waals surface area (Å²) in [6.07, 6.45) is 14.0. The van der Waals surface area contributed by atoms with Gasteiger partial charge in [-0.15, -0.1) is 0 Å². The fourth-order valence-corrected chi connectivity index (χ4v) is 6.14. The lowest BCUT2D eigenvalue weighted by Gasteiger charge is -2.21. The number of rotatable bonds is 9. The Labute approximate surface area is 253 Å². The van der Waals surface area contributed by atoms with E-state index in [2.05, 4.69) is 91.0 Å². The molecule has 0 saturated heterocycles. The van der Waals surface area contributed by atoms with Crippen molar-refractivity contribution in [2.45, 2.75) is 46.0 Å². The van der Waals surface area contributed by atoms with Gasteiger partial charge < -0.3 is 0 Å². The van der Waals surface area contributed by atoms with E-state index in [1.165, 1.54) is 16.7 Å². The van der Waals surface area contributed by atoms with Gasteiger partial charge in [-0.05, 0) is 87.6 Å². The van der Waals surface area contributed by atoms with Gasteiger partial charge in [-0.1, -0.05) is 109 Å². The standard InChI is InChI=1S/C40H34O3/c1-25(41)34-16-19-37(22-34)28-4-10-31(11-5-28)40(32-12-6-29(7-13-32)38-20-17-35(23-38)26(2)42)33-14-8-30(9-15-33)39-21-18-36(24-39)27(3)43/h4-21,40H,22-24H2,1-3H3. The zero-order chi connectivity index (χ0) is 30.1. The van der Waals surface area contributed by atoms with Crippen molar-refractivity contribution in [2.75, 3.05) is 0 Å². The van der Waals surface area contributed by atoms with Crippen molar-refractivity contribution in [1.29, 1.82) is 0 Å². The van der Waals surface area contributed by atoms with Gasteiger partial charge in [0.2, 0.25) is 0 Å². The minimum absolute atomic E-state index is 0.0209. The third kappa shape index (κ3) is 5.89. The summed E-state index contributed by atoms with van der Waals surface area (Å²) in [6.45, 7) is 4.87. The average Bonchev–Trinajstić information content (AvgIpc) is 3.80. The molecule has 0 aromatic heterocycles. The van der Waals surface area contributed by atoms with Crippen molar-refractivity contribution in [1.82, 2.24) is 0 Å². The van der Waals surface area contributed by atoms with Gasteiger partial charge in [-0.2, -0.15) is 0 Å². The van der Waals surface area contributed by atoms with Crippen LogP contribution in [0.15, 0.2) is 126 Å². The third-order valence-corrected chi connectivity index (χ3v) is 8.80. The maximum absolute atomic E-state index is 11.8. The second-order valence-electron chi connectivity index (χ2n) is 11.6. The largest absolute Gasteiger partial charge is 0.295 e. The predicted octanol–water partition coefficient (Wildman–Crippen LogP) is 8.77. The van der Waals surface area contributed by atoms with Crippen molar-refractivity contribution in [3.63, 3.8) is 0 Å². The van der Waals surface area contributed by atoms with E-state index in [0.29, 0.717) is 19.3 Å². The average molecular weight is 563 g/mol. The van der Waals surface area contributed by atoms with Crippen molar-refractivity contribution in [3.05, 3.63) is 159 Å². The van der Waals surface area contributed by atoms with Gasteiger partial charge in [0.05, 0.1) is 0 Å². The Morgan fingerprint density at radius 1 is 0.419 bits per heavy atom. The quantitative estimate of drug-likeness (QED) is 0.245. The molecule has 3 aliphatic rings. The van der Waals surface area contributed by atoms with E-state index in [4.69, 9.17) is 0 Å². The van der Waals surface area contributed by atoms with E-state index in [0.717, 1.165) is 50.1 Å². The molecule has 3 heteroatoms. The first kappa shape index (κ1) is 28.2. The molecular weight excluding hydrogens is 528 g/mol. The van der Waals surface area contributed by atoms with E-state index in [1.807, 2.05) is 18.2 Å². The molecule has 6 rings (SSSR count). The molecule has 0 spiro atoms.